The molecule has 1 unspecified atom stereocenters. The summed E-state index contributed by atoms with van der Waals surface area (Å²) in [5.74, 6) is 0. The molecule has 122 valence electrons. The van der Waals surface area contributed by atoms with Crippen molar-refractivity contribution >= 4 is 8.56 Å². The highest BCUT2D eigenvalue weighted by atomic mass is 28.4. The monoisotopic (exact) mass is 303 g/mol. The van der Waals surface area contributed by atoms with Gasteiger partial charge in [-0.25, -0.2) is 0 Å². The van der Waals surface area contributed by atoms with Crippen molar-refractivity contribution in [3.63, 3.8) is 0 Å². The molecule has 0 aliphatic rings. The molecule has 0 bridgehead atoms. The van der Waals surface area contributed by atoms with Crippen molar-refractivity contribution in [1.82, 2.24) is 4.90 Å². The molecule has 20 heavy (non-hydrogen) atoms. The molecule has 0 radical (unpaired) electrons. The standard InChI is InChI=1S/C16H37NO2Si/c1-7-11-13-17(14-12-8-2)16(5)15-20(6,18-9-3)19-10-4/h16H,7-15H2,1-6H3. The van der Waals surface area contributed by atoms with Crippen LogP contribution in [0.3, 0.4) is 0 Å². The Kier molecular flexibility index (Phi) is 11.8. The van der Waals surface area contributed by atoms with Gasteiger partial charge in [0.25, 0.3) is 0 Å². The second-order valence-corrected chi connectivity index (χ2v) is 9.05. The Morgan fingerprint density at radius 3 is 1.70 bits per heavy atom. The molecule has 0 saturated heterocycles. The number of rotatable bonds is 13. The zero-order chi connectivity index (χ0) is 15.4. The van der Waals surface area contributed by atoms with Crippen LogP contribution in [-0.4, -0.2) is 45.8 Å². The van der Waals surface area contributed by atoms with Crippen molar-refractivity contribution in [2.45, 2.75) is 78.9 Å². The summed E-state index contributed by atoms with van der Waals surface area (Å²) in [6.45, 7) is 17.2. The lowest BCUT2D eigenvalue weighted by molar-refractivity contribution is 0.162. The summed E-state index contributed by atoms with van der Waals surface area (Å²) in [7, 11) is -2.00. The minimum Gasteiger partial charge on any atom is -0.395 e. The Morgan fingerprint density at radius 2 is 1.35 bits per heavy atom. The molecule has 0 aromatic heterocycles. The van der Waals surface area contributed by atoms with E-state index in [9.17, 15) is 0 Å². The Labute approximate surface area is 128 Å². The predicted octanol–water partition coefficient (Wildman–Crippen LogP) is 4.42. The van der Waals surface area contributed by atoms with Crippen LogP contribution in [0.25, 0.3) is 0 Å². The second kappa shape index (κ2) is 11.7. The van der Waals surface area contributed by atoms with E-state index in [0.717, 1.165) is 19.3 Å². The summed E-state index contributed by atoms with van der Waals surface area (Å²) in [6, 6.07) is 1.63. The molecule has 0 aromatic rings. The molecule has 0 rings (SSSR count). The number of nitrogens with zero attached hydrogens (tertiary/aromatic N) is 1. The van der Waals surface area contributed by atoms with Crippen LogP contribution in [0.15, 0.2) is 0 Å². The van der Waals surface area contributed by atoms with E-state index in [1.807, 2.05) is 0 Å². The van der Waals surface area contributed by atoms with Gasteiger partial charge in [-0.3, -0.25) is 0 Å². The summed E-state index contributed by atoms with van der Waals surface area (Å²) < 4.78 is 12.0. The zero-order valence-corrected chi connectivity index (χ0v) is 15.7. The first-order valence-electron chi connectivity index (χ1n) is 8.54. The number of hydrogen-bond donors (Lipinski definition) is 0. The summed E-state index contributed by atoms with van der Waals surface area (Å²) in [5, 5.41) is 0. The minimum atomic E-state index is -2.00. The van der Waals surface area contributed by atoms with E-state index >= 15 is 0 Å². The van der Waals surface area contributed by atoms with Crippen LogP contribution in [-0.2, 0) is 8.85 Å². The second-order valence-electron chi connectivity index (χ2n) is 5.80. The van der Waals surface area contributed by atoms with Gasteiger partial charge in [0.05, 0.1) is 0 Å². The molecule has 0 aromatic carbocycles. The molecule has 0 aliphatic carbocycles. The molecule has 4 heteroatoms. The predicted molar refractivity (Wildman–Crippen MR) is 90.5 cm³/mol. The lowest BCUT2D eigenvalue weighted by Gasteiger charge is -2.35. The van der Waals surface area contributed by atoms with Crippen LogP contribution >= 0.6 is 0 Å². The van der Waals surface area contributed by atoms with Crippen molar-refractivity contribution in [1.29, 1.82) is 0 Å². The highest BCUT2D eigenvalue weighted by molar-refractivity contribution is 6.66. The van der Waals surface area contributed by atoms with Gasteiger partial charge >= 0.3 is 8.56 Å². The third-order valence-electron chi connectivity index (χ3n) is 3.79. The van der Waals surface area contributed by atoms with Crippen molar-refractivity contribution < 1.29 is 8.85 Å². The van der Waals surface area contributed by atoms with Crippen molar-refractivity contribution in [2.75, 3.05) is 26.3 Å². The van der Waals surface area contributed by atoms with Crippen molar-refractivity contribution in [3.8, 4) is 0 Å². The van der Waals surface area contributed by atoms with Gasteiger partial charge in [0.2, 0.25) is 0 Å². The Balaban J connectivity index is 4.54. The maximum Gasteiger partial charge on any atom is 0.336 e. The van der Waals surface area contributed by atoms with Gasteiger partial charge in [0.15, 0.2) is 0 Å². The molecule has 0 spiro atoms. The zero-order valence-electron chi connectivity index (χ0n) is 14.7. The Morgan fingerprint density at radius 1 is 0.900 bits per heavy atom. The fourth-order valence-corrected chi connectivity index (χ4v) is 5.58. The normalized spacial score (nSPS) is 13.9. The summed E-state index contributed by atoms with van der Waals surface area (Å²) in [4.78, 5) is 2.64. The fraction of sp³-hybridized carbons (Fsp3) is 1.00. The van der Waals surface area contributed by atoms with Gasteiger partial charge in [-0.1, -0.05) is 26.7 Å². The minimum absolute atomic E-state index is 0.558. The van der Waals surface area contributed by atoms with Crippen molar-refractivity contribution in [2.24, 2.45) is 0 Å². The summed E-state index contributed by atoms with van der Waals surface area (Å²) in [6.07, 6.45) is 5.10. The molecule has 0 saturated carbocycles. The third-order valence-corrected chi connectivity index (χ3v) is 6.92. The van der Waals surface area contributed by atoms with E-state index in [1.54, 1.807) is 0 Å². The fourth-order valence-electron chi connectivity index (χ4n) is 2.71. The van der Waals surface area contributed by atoms with Gasteiger partial charge in [-0.05, 0) is 53.2 Å². The van der Waals surface area contributed by atoms with Gasteiger partial charge < -0.3 is 13.8 Å². The Hall–Kier alpha value is 0.0969. The molecular weight excluding hydrogens is 266 g/mol. The van der Waals surface area contributed by atoms with Gasteiger partial charge in [0.1, 0.15) is 0 Å². The summed E-state index contributed by atoms with van der Waals surface area (Å²) >= 11 is 0. The van der Waals surface area contributed by atoms with Crippen LogP contribution in [0.5, 0.6) is 0 Å². The third kappa shape index (κ3) is 8.40. The molecule has 0 amide bonds. The highest BCUT2D eigenvalue weighted by Crippen LogP contribution is 2.20. The van der Waals surface area contributed by atoms with Crippen LogP contribution < -0.4 is 0 Å². The summed E-state index contributed by atoms with van der Waals surface area (Å²) in [5.41, 5.74) is 0. The molecule has 1 atom stereocenters. The average Bonchev–Trinajstić information content (AvgIpc) is 2.39. The molecule has 0 aliphatic heterocycles. The smallest absolute Gasteiger partial charge is 0.336 e. The molecular formula is C16H37NO2Si. The van der Waals surface area contributed by atoms with Gasteiger partial charge in [-0.2, -0.15) is 0 Å². The molecule has 0 N–H and O–H groups in total. The van der Waals surface area contributed by atoms with Crippen molar-refractivity contribution in [3.05, 3.63) is 0 Å². The molecule has 0 heterocycles. The van der Waals surface area contributed by atoms with E-state index in [2.05, 4.69) is 46.1 Å². The maximum atomic E-state index is 5.99. The first-order chi connectivity index (χ1) is 9.52. The molecule has 0 fully saturated rings. The maximum absolute atomic E-state index is 5.99. The van der Waals surface area contributed by atoms with E-state index in [-0.39, 0.29) is 0 Å². The lowest BCUT2D eigenvalue weighted by Crippen LogP contribution is -2.46. The lowest BCUT2D eigenvalue weighted by atomic mass is 10.2. The van der Waals surface area contributed by atoms with E-state index in [1.165, 1.54) is 38.8 Å². The average molecular weight is 304 g/mol. The highest BCUT2D eigenvalue weighted by Gasteiger charge is 2.34. The largest absolute Gasteiger partial charge is 0.395 e. The van der Waals surface area contributed by atoms with E-state index in [0.29, 0.717) is 6.04 Å². The van der Waals surface area contributed by atoms with Gasteiger partial charge in [0, 0.05) is 25.3 Å². The first-order valence-corrected chi connectivity index (χ1v) is 11.1. The van der Waals surface area contributed by atoms with Gasteiger partial charge in [-0.15, -0.1) is 0 Å². The van der Waals surface area contributed by atoms with Crippen LogP contribution in [0.4, 0.5) is 0 Å². The number of unbranched alkanes of at least 4 members (excludes halogenated alkanes) is 2. The topological polar surface area (TPSA) is 21.7 Å². The molecule has 3 nitrogen and oxygen atoms in total. The van der Waals surface area contributed by atoms with E-state index < -0.39 is 8.56 Å². The SMILES string of the molecule is CCCCN(CCCC)C(C)C[Si](C)(OCC)OCC. The number of hydrogen-bond acceptors (Lipinski definition) is 3. The van der Waals surface area contributed by atoms with E-state index in [4.69, 9.17) is 8.85 Å². The Bertz CT molecular complexity index is 213. The first kappa shape index (κ1) is 20.1. The van der Waals surface area contributed by atoms with Crippen LogP contribution in [0.2, 0.25) is 12.6 Å². The quantitative estimate of drug-likeness (QED) is 0.470. The van der Waals surface area contributed by atoms with Crippen LogP contribution in [0.1, 0.15) is 60.3 Å². The van der Waals surface area contributed by atoms with Crippen LogP contribution in [0, 0.1) is 0 Å².